The maximum Gasteiger partial charge on any atom is 0.259 e. The van der Waals surface area contributed by atoms with Crippen LogP contribution in [0.5, 0.6) is 5.75 Å². The summed E-state index contributed by atoms with van der Waals surface area (Å²) in [6.45, 7) is 3.90. The highest BCUT2D eigenvalue weighted by atomic mass is 19.1. The second kappa shape index (κ2) is 7.17. The van der Waals surface area contributed by atoms with E-state index in [2.05, 4.69) is 10.5 Å². The van der Waals surface area contributed by atoms with Gasteiger partial charge in [0.1, 0.15) is 23.9 Å². The Balaban J connectivity index is 1.76. The summed E-state index contributed by atoms with van der Waals surface area (Å²) in [6.07, 6.45) is 0. The molecule has 25 heavy (non-hydrogen) atoms. The summed E-state index contributed by atoms with van der Waals surface area (Å²) >= 11 is 0. The van der Waals surface area contributed by atoms with Gasteiger partial charge in [0, 0.05) is 5.69 Å². The lowest BCUT2D eigenvalue weighted by Gasteiger charge is -2.11. The number of carbonyl (C=O) groups excluding carboxylic acids is 1. The molecule has 128 valence electrons. The molecule has 0 aliphatic heterocycles. The molecule has 6 heteroatoms. The quantitative estimate of drug-likeness (QED) is 0.754. The predicted octanol–water partition coefficient (Wildman–Crippen LogP) is 4.26. The summed E-state index contributed by atoms with van der Waals surface area (Å²) in [7, 11) is 0. The van der Waals surface area contributed by atoms with Crippen LogP contribution in [0.3, 0.4) is 0 Å². The minimum absolute atomic E-state index is 0.252. The Bertz CT molecular complexity index is 868. The number of benzene rings is 2. The number of halogens is 1. The Hall–Kier alpha value is -3.15. The Morgan fingerprint density at radius 2 is 1.88 bits per heavy atom. The average Bonchev–Trinajstić information content (AvgIpc) is 2.93. The third-order valence-electron chi connectivity index (χ3n) is 3.79. The van der Waals surface area contributed by atoms with Crippen molar-refractivity contribution in [3.05, 3.63) is 76.9 Å². The number of anilines is 1. The first-order chi connectivity index (χ1) is 12.0. The number of nitrogens with zero attached hydrogens (tertiary/aromatic N) is 1. The number of rotatable bonds is 5. The Labute approximate surface area is 144 Å². The van der Waals surface area contributed by atoms with Crippen LogP contribution in [0.2, 0.25) is 0 Å². The maximum absolute atomic E-state index is 13.0. The van der Waals surface area contributed by atoms with Crippen molar-refractivity contribution in [3.63, 3.8) is 0 Å². The van der Waals surface area contributed by atoms with Gasteiger partial charge in [0.2, 0.25) is 0 Å². The summed E-state index contributed by atoms with van der Waals surface area (Å²) in [5.41, 5.74) is 2.50. The molecule has 0 aliphatic rings. The fourth-order valence-electron chi connectivity index (χ4n) is 2.37. The summed E-state index contributed by atoms with van der Waals surface area (Å²) in [5.74, 6) is 0.440. The Morgan fingerprint density at radius 1 is 1.16 bits per heavy atom. The summed E-state index contributed by atoms with van der Waals surface area (Å²) in [4.78, 5) is 12.5. The Kier molecular flexibility index (Phi) is 4.79. The van der Waals surface area contributed by atoms with E-state index in [0.717, 1.165) is 11.3 Å². The molecule has 0 radical (unpaired) electrons. The molecule has 1 amide bonds. The zero-order chi connectivity index (χ0) is 17.8. The summed E-state index contributed by atoms with van der Waals surface area (Å²) in [6, 6.07) is 12.5. The zero-order valence-electron chi connectivity index (χ0n) is 13.9. The van der Waals surface area contributed by atoms with Gasteiger partial charge in [-0.05, 0) is 50.2 Å². The number of nitrogens with one attached hydrogen (secondary N) is 1. The molecule has 0 bridgehead atoms. The number of aromatic nitrogens is 1. The van der Waals surface area contributed by atoms with Gasteiger partial charge >= 0.3 is 0 Å². The van der Waals surface area contributed by atoms with E-state index in [1.807, 2.05) is 13.8 Å². The second-order valence-electron chi connectivity index (χ2n) is 5.55. The van der Waals surface area contributed by atoms with E-state index in [-0.39, 0.29) is 18.3 Å². The molecular weight excluding hydrogens is 323 g/mol. The van der Waals surface area contributed by atoms with Crippen molar-refractivity contribution in [3.8, 4) is 5.75 Å². The molecule has 0 aliphatic carbocycles. The smallest absolute Gasteiger partial charge is 0.259 e. The molecule has 3 aromatic rings. The number of aryl methyl sites for hydroxylation is 2. The van der Waals surface area contributed by atoms with Crippen LogP contribution in [-0.4, -0.2) is 11.1 Å². The third-order valence-corrected chi connectivity index (χ3v) is 3.79. The molecule has 0 unspecified atom stereocenters. The number of ether oxygens (including phenoxy) is 1. The van der Waals surface area contributed by atoms with Gasteiger partial charge in [0.25, 0.3) is 5.91 Å². The number of hydrogen-bond acceptors (Lipinski definition) is 4. The van der Waals surface area contributed by atoms with Crippen molar-refractivity contribution in [1.82, 2.24) is 5.16 Å². The minimum atomic E-state index is -0.360. The van der Waals surface area contributed by atoms with Gasteiger partial charge in [-0.1, -0.05) is 17.3 Å². The Morgan fingerprint density at radius 3 is 2.56 bits per heavy atom. The van der Waals surface area contributed by atoms with E-state index in [9.17, 15) is 9.18 Å². The number of hydrogen-bond donors (Lipinski definition) is 1. The van der Waals surface area contributed by atoms with Crippen LogP contribution in [0.4, 0.5) is 10.1 Å². The fraction of sp³-hybridized carbons (Fsp3) is 0.158. The lowest BCUT2D eigenvalue weighted by molar-refractivity contribution is 0.102. The second-order valence-corrected chi connectivity index (χ2v) is 5.55. The SMILES string of the molecule is Cc1noc(C)c1COc1ccccc1C(=O)Nc1ccc(F)cc1. The molecule has 0 spiro atoms. The first-order valence-corrected chi connectivity index (χ1v) is 7.75. The highest BCUT2D eigenvalue weighted by molar-refractivity contribution is 6.06. The minimum Gasteiger partial charge on any atom is -0.488 e. The van der Waals surface area contributed by atoms with E-state index < -0.39 is 0 Å². The lowest BCUT2D eigenvalue weighted by atomic mass is 10.1. The van der Waals surface area contributed by atoms with Crippen molar-refractivity contribution in [2.45, 2.75) is 20.5 Å². The topological polar surface area (TPSA) is 64.4 Å². The molecule has 2 aromatic carbocycles. The molecule has 5 nitrogen and oxygen atoms in total. The van der Waals surface area contributed by atoms with Crippen molar-refractivity contribution in [2.75, 3.05) is 5.32 Å². The van der Waals surface area contributed by atoms with E-state index >= 15 is 0 Å². The number of amides is 1. The third kappa shape index (κ3) is 3.85. The number of para-hydroxylation sites is 1. The van der Waals surface area contributed by atoms with Crippen molar-refractivity contribution in [1.29, 1.82) is 0 Å². The highest BCUT2D eigenvalue weighted by Gasteiger charge is 2.15. The van der Waals surface area contributed by atoms with Crippen molar-refractivity contribution < 1.29 is 18.4 Å². The van der Waals surface area contributed by atoms with E-state index in [1.54, 1.807) is 24.3 Å². The molecule has 0 saturated heterocycles. The van der Waals surface area contributed by atoms with Gasteiger partial charge in [-0.3, -0.25) is 4.79 Å². The predicted molar refractivity (Wildman–Crippen MR) is 91.1 cm³/mol. The summed E-state index contributed by atoms with van der Waals surface area (Å²) in [5, 5.41) is 6.61. The van der Waals surface area contributed by atoms with Crippen LogP contribution in [0, 0.1) is 19.7 Å². The van der Waals surface area contributed by atoms with Crippen LogP contribution in [0.15, 0.2) is 53.1 Å². The van der Waals surface area contributed by atoms with Crippen molar-refractivity contribution >= 4 is 11.6 Å². The zero-order valence-corrected chi connectivity index (χ0v) is 13.9. The molecule has 3 rings (SSSR count). The van der Waals surface area contributed by atoms with E-state index in [1.165, 1.54) is 24.3 Å². The average molecular weight is 340 g/mol. The molecule has 1 N–H and O–H groups in total. The van der Waals surface area contributed by atoms with Gasteiger partial charge in [0.05, 0.1) is 16.8 Å². The van der Waals surface area contributed by atoms with Gasteiger partial charge in [0.15, 0.2) is 0 Å². The summed E-state index contributed by atoms with van der Waals surface area (Å²) < 4.78 is 23.9. The maximum atomic E-state index is 13.0. The molecular formula is C19H17FN2O3. The van der Waals surface area contributed by atoms with Crippen LogP contribution in [0.1, 0.15) is 27.4 Å². The largest absolute Gasteiger partial charge is 0.488 e. The van der Waals surface area contributed by atoms with Crippen LogP contribution in [0.25, 0.3) is 0 Å². The normalized spacial score (nSPS) is 10.5. The molecule has 0 saturated carbocycles. The van der Waals surface area contributed by atoms with Gasteiger partial charge in [-0.15, -0.1) is 0 Å². The van der Waals surface area contributed by atoms with Gasteiger partial charge in [-0.25, -0.2) is 4.39 Å². The van der Waals surface area contributed by atoms with Gasteiger partial charge < -0.3 is 14.6 Å². The first-order valence-electron chi connectivity index (χ1n) is 7.75. The van der Waals surface area contributed by atoms with E-state index in [4.69, 9.17) is 9.26 Å². The standard InChI is InChI=1S/C19H17FN2O3/c1-12-17(13(2)25-22-12)11-24-18-6-4-3-5-16(18)19(23)21-15-9-7-14(20)8-10-15/h3-10H,11H2,1-2H3,(H,21,23). The molecule has 1 aromatic heterocycles. The van der Waals surface area contributed by atoms with Gasteiger partial charge in [-0.2, -0.15) is 0 Å². The van der Waals surface area contributed by atoms with Crippen LogP contribution < -0.4 is 10.1 Å². The molecule has 0 fully saturated rings. The molecule has 1 heterocycles. The fourth-order valence-corrected chi connectivity index (χ4v) is 2.37. The van der Waals surface area contributed by atoms with E-state index in [0.29, 0.717) is 22.8 Å². The lowest BCUT2D eigenvalue weighted by Crippen LogP contribution is -2.13. The monoisotopic (exact) mass is 340 g/mol. The number of carbonyl (C=O) groups is 1. The van der Waals surface area contributed by atoms with Crippen LogP contribution in [-0.2, 0) is 6.61 Å². The van der Waals surface area contributed by atoms with Crippen LogP contribution >= 0.6 is 0 Å². The molecule has 0 atom stereocenters. The first kappa shape index (κ1) is 16.7. The highest BCUT2D eigenvalue weighted by Crippen LogP contribution is 2.22. The van der Waals surface area contributed by atoms with Crippen molar-refractivity contribution in [2.24, 2.45) is 0 Å².